The van der Waals surface area contributed by atoms with Gasteiger partial charge in [-0.2, -0.15) is 4.52 Å². The molecule has 52 heavy (non-hydrogen) atoms. The number of hydrogen-bond acceptors (Lipinski definition) is 12. The van der Waals surface area contributed by atoms with Crippen LogP contribution in [0.25, 0.3) is 17.0 Å². The number of fused-ring (bicyclic) bond motifs is 1. The lowest BCUT2D eigenvalue weighted by Crippen LogP contribution is -2.36. The van der Waals surface area contributed by atoms with Gasteiger partial charge in [0, 0.05) is 42.5 Å². The van der Waals surface area contributed by atoms with Gasteiger partial charge in [0.05, 0.1) is 25.6 Å². The minimum atomic E-state index is -4.07. The van der Waals surface area contributed by atoms with Crippen LogP contribution in [-0.4, -0.2) is 83.0 Å². The SMILES string of the molecule is COc1cc(S(N)(=O)=O)c(OC)cc1NC(=O)Cn1cc(CCCNCC(C)(C)CNc2nn3c(-c4ccccc4)nnc3cc2C2CCC2)nn1. The third kappa shape index (κ3) is 8.66. The number of methoxy groups -OCH3 is 2. The maximum Gasteiger partial charge on any atom is 0.246 e. The number of aryl methyl sites for hydroxylation is 1. The van der Waals surface area contributed by atoms with Gasteiger partial charge in [0.15, 0.2) is 17.3 Å². The number of carbonyl (C=O) groups is 1. The highest BCUT2D eigenvalue weighted by Gasteiger charge is 2.27. The number of primary sulfonamides is 1. The number of carbonyl (C=O) groups excluding carboxylic acids is 1. The molecule has 0 spiro atoms. The molecule has 2 aromatic carbocycles. The Morgan fingerprint density at radius 1 is 1.02 bits per heavy atom. The van der Waals surface area contributed by atoms with E-state index >= 15 is 0 Å². The van der Waals surface area contributed by atoms with Crippen molar-refractivity contribution in [3.05, 3.63) is 66.0 Å². The molecule has 276 valence electrons. The molecular formula is C35H45N11O5S. The zero-order valence-electron chi connectivity index (χ0n) is 29.8. The second-order valence-electron chi connectivity index (χ2n) is 13.7. The van der Waals surface area contributed by atoms with Crippen LogP contribution in [0.3, 0.4) is 0 Å². The fraction of sp³-hybridized carbons (Fsp3) is 0.429. The van der Waals surface area contributed by atoms with E-state index in [0.29, 0.717) is 12.3 Å². The Balaban J connectivity index is 0.981. The van der Waals surface area contributed by atoms with Crippen LogP contribution in [-0.2, 0) is 27.8 Å². The summed E-state index contributed by atoms with van der Waals surface area (Å²) in [7, 11) is -1.41. The number of nitrogens with one attached hydrogen (secondary N) is 3. The Morgan fingerprint density at radius 2 is 1.79 bits per heavy atom. The Bertz CT molecular complexity index is 2130. The molecule has 1 aliphatic rings. The highest BCUT2D eigenvalue weighted by atomic mass is 32.2. The summed E-state index contributed by atoms with van der Waals surface area (Å²) < 4.78 is 37.5. The van der Waals surface area contributed by atoms with Crippen molar-refractivity contribution in [3.8, 4) is 22.9 Å². The molecule has 6 rings (SSSR count). The minimum Gasteiger partial charge on any atom is -0.495 e. The summed E-state index contributed by atoms with van der Waals surface area (Å²) in [6.45, 7) is 6.64. The molecule has 3 heterocycles. The maximum atomic E-state index is 12.8. The first-order valence-electron chi connectivity index (χ1n) is 17.2. The van der Waals surface area contributed by atoms with E-state index in [1.165, 1.54) is 43.0 Å². The molecule has 16 nitrogen and oxygen atoms in total. The van der Waals surface area contributed by atoms with Crippen LogP contribution in [0.15, 0.2) is 59.6 Å². The molecule has 17 heteroatoms. The first kappa shape index (κ1) is 36.7. The number of hydrogen-bond donors (Lipinski definition) is 4. The lowest BCUT2D eigenvalue weighted by atomic mass is 9.80. The molecule has 1 aliphatic carbocycles. The Labute approximate surface area is 302 Å². The van der Waals surface area contributed by atoms with E-state index in [1.807, 2.05) is 34.8 Å². The molecule has 3 aromatic heterocycles. The van der Waals surface area contributed by atoms with E-state index in [2.05, 4.69) is 56.4 Å². The first-order chi connectivity index (χ1) is 24.9. The van der Waals surface area contributed by atoms with Gasteiger partial charge in [-0.05, 0) is 49.6 Å². The van der Waals surface area contributed by atoms with Gasteiger partial charge in [-0.3, -0.25) is 4.79 Å². The van der Waals surface area contributed by atoms with Crippen molar-refractivity contribution in [2.45, 2.75) is 63.3 Å². The maximum absolute atomic E-state index is 12.8. The molecule has 1 saturated carbocycles. The summed E-state index contributed by atoms with van der Waals surface area (Å²) in [6, 6.07) is 14.7. The van der Waals surface area contributed by atoms with Gasteiger partial charge < -0.3 is 25.4 Å². The van der Waals surface area contributed by atoms with Gasteiger partial charge in [-0.25, -0.2) is 18.2 Å². The summed E-state index contributed by atoms with van der Waals surface area (Å²) in [5, 5.41) is 37.4. The lowest BCUT2D eigenvalue weighted by Gasteiger charge is -2.30. The monoisotopic (exact) mass is 731 g/mol. The number of aromatic nitrogens is 7. The van der Waals surface area contributed by atoms with Gasteiger partial charge in [0.25, 0.3) is 0 Å². The topological polar surface area (TPSA) is 206 Å². The van der Waals surface area contributed by atoms with Crippen LogP contribution in [0.4, 0.5) is 11.5 Å². The summed E-state index contributed by atoms with van der Waals surface area (Å²) >= 11 is 0. The third-order valence-electron chi connectivity index (χ3n) is 9.08. The van der Waals surface area contributed by atoms with Gasteiger partial charge in [0.1, 0.15) is 22.9 Å². The van der Waals surface area contributed by atoms with E-state index in [-0.39, 0.29) is 34.0 Å². The molecule has 0 aliphatic heterocycles. The summed E-state index contributed by atoms with van der Waals surface area (Å²) in [5.74, 6) is 1.77. The van der Waals surface area contributed by atoms with Crippen LogP contribution in [0.1, 0.15) is 56.7 Å². The number of nitrogens with zero attached hydrogens (tertiary/aromatic N) is 7. The van der Waals surface area contributed by atoms with Crippen molar-refractivity contribution in [3.63, 3.8) is 0 Å². The molecular weight excluding hydrogens is 687 g/mol. The first-order valence-corrected chi connectivity index (χ1v) is 18.7. The third-order valence-corrected chi connectivity index (χ3v) is 10.0. The molecule has 0 bridgehead atoms. The van der Waals surface area contributed by atoms with Gasteiger partial charge in [-0.15, -0.1) is 20.4 Å². The number of ether oxygens (including phenoxy) is 2. The van der Waals surface area contributed by atoms with Gasteiger partial charge in [-0.1, -0.05) is 55.8 Å². The zero-order chi connectivity index (χ0) is 36.9. The van der Waals surface area contributed by atoms with E-state index in [9.17, 15) is 13.2 Å². The Morgan fingerprint density at radius 3 is 2.48 bits per heavy atom. The van der Waals surface area contributed by atoms with Crippen molar-refractivity contribution < 1.29 is 22.7 Å². The van der Waals surface area contributed by atoms with Crippen molar-refractivity contribution in [2.75, 3.05) is 44.5 Å². The molecule has 1 fully saturated rings. The van der Waals surface area contributed by atoms with Crippen LogP contribution in [0, 0.1) is 5.41 Å². The van der Waals surface area contributed by atoms with E-state index < -0.39 is 15.9 Å². The van der Waals surface area contributed by atoms with E-state index in [1.54, 1.807) is 6.20 Å². The fourth-order valence-electron chi connectivity index (χ4n) is 6.04. The van der Waals surface area contributed by atoms with Crippen LogP contribution < -0.4 is 30.6 Å². The largest absolute Gasteiger partial charge is 0.495 e. The highest BCUT2D eigenvalue weighted by Crippen LogP contribution is 2.40. The van der Waals surface area contributed by atoms with E-state index in [4.69, 9.17) is 19.7 Å². The second kappa shape index (κ2) is 15.6. The normalized spacial score (nSPS) is 13.6. The quantitative estimate of drug-likeness (QED) is 0.101. The fourth-order valence-corrected chi connectivity index (χ4v) is 6.74. The predicted molar refractivity (Wildman–Crippen MR) is 196 cm³/mol. The molecule has 0 saturated heterocycles. The minimum absolute atomic E-state index is 0.0205. The van der Waals surface area contributed by atoms with Gasteiger partial charge >= 0.3 is 0 Å². The molecule has 5 aromatic rings. The summed E-state index contributed by atoms with van der Waals surface area (Å²) in [5.41, 5.74) is 3.86. The number of sulfonamides is 1. The van der Waals surface area contributed by atoms with Crippen LogP contribution in [0.5, 0.6) is 11.5 Å². The number of rotatable bonds is 17. The number of benzene rings is 2. The van der Waals surface area contributed by atoms with E-state index in [0.717, 1.165) is 67.4 Å². The molecule has 5 N–H and O–H groups in total. The molecule has 0 atom stereocenters. The number of nitrogens with two attached hydrogens (primary N) is 1. The van der Waals surface area contributed by atoms with Gasteiger partial charge in [0.2, 0.25) is 15.9 Å². The zero-order valence-corrected chi connectivity index (χ0v) is 30.6. The summed E-state index contributed by atoms with van der Waals surface area (Å²) in [6.07, 6.45) is 6.79. The van der Waals surface area contributed by atoms with Crippen LogP contribution in [0.2, 0.25) is 0 Å². The number of amides is 1. The highest BCUT2D eigenvalue weighted by molar-refractivity contribution is 7.89. The van der Waals surface area contributed by atoms with Crippen molar-refractivity contribution >= 4 is 33.1 Å². The molecule has 0 unspecified atom stereocenters. The average Bonchev–Trinajstić information content (AvgIpc) is 3.72. The second-order valence-corrected chi connectivity index (χ2v) is 15.3. The lowest BCUT2D eigenvalue weighted by molar-refractivity contribution is -0.116. The van der Waals surface area contributed by atoms with Crippen LogP contribution >= 0.6 is 0 Å². The Kier molecular flexibility index (Phi) is 11.0. The smallest absolute Gasteiger partial charge is 0.246 e. The summed E-state index contributed by atoms with van der Waals surface area (Å²) in [4.78, 5) is 12.5. The standard InChI is InChI=1S/C35H45N11O5S/c1-35(2,22-38-33-26(23-12-8-13-23)16-31-41-42-34(46(31)43-33)24-10-6-5-7-11-24)21-37-15-9-14-25-19-45(44-40-25)20-32(47)39-27-17-29(51-4)30(52(36,48)49)18-28(27)50-3/h5-7,10-11,16-19,23,37H,8-9,12-15,20-22H2,1-4H3,(H,38,43)(H,39,47)(H2,36,48,49). The number of anilines is 2. The van der Waals surface area contributed by atoms with Crippen molar-refractivity contribution in [1.29, 1.82) is 0 Å². The predicted octanol–water partition coefficient (Wildman–Crippen LogP) is 3.61. The Hall–Kier alpha value is -5.13. The van der Waals surface area contributed by atoms with Crippen molar-refractivity contribution in [1.82, 2.24) is 40.1 Å². The van der Waals surface area contributed by atoms with Crippen molar-refractivity contribution in [2.24, 2.45) is 10.6 Å². The molecule has 1 amide bonds. The average molecular weight is 732 g/mol. The molecule has 0 radical (unpaired) electrons.